The van der Waals surface area contributed by atoms with Crippen molar-refractivity contribution in [1.82, 2.24) is 10.4 Å². The zero-order chi connectivity index (χ0) is 17.1. The van der Waals surface area contributed by atoms with E-state index in [1.165, 1.54) is 0 Å². The smallest absolute Gasteiger partial charge is 0.322 e. The van der Waals surface area contributed by atoms with Gasteiger partial charge in [-0.2, -0.15) is 11.8 Å². The number of fused-ring (bicyclic) bond motifs is 1. The molecule has 0 spiro atoms. The van der Waals surface area contributed by atoms with Gasteiger partial charge in [-0.05, 0) is 44.4 Å². The van der Waals surface area contributed by atoms with Crippen molar-refractivity contribution in [2.75, 3.05) is 12.3 Å². The lowest BCUT2D eigenvalue weighted by Crippen LogP contribution is -2.64. The predicted molar refractivity (Wildman–Crippen MR) is 91.3 cm³/mol. The summed E-state index contributed by atoms with van der Waals surface area (Å²) >= 11 is 1.79. The third-order valence-corrected chi connectivity index (χ3v) is 7.03. The fraction of sp³-hybridized carbons (Fsp3) is 0.882. The number of alkyl halides is 1. The lowest BCUT2D eigenvalue weighted by atomic mass is 9.73. The van der Waals surface area contributed by atoms with Gasteiger partial charge in [-0.3, -0.25) is 14.6 Å². The maximum atomic E-state index is 13.2. The zero-order valence-corrected chi connectivity index (χ0v) is 14.8. The Bertz CT molecular complexity index is 469. The number of carboxylic acid groups (broad SMARTS) is 1. The summed E-state index contributed by atoms with van der Waals surface area (Å²) in [4.78, 5) is 24.2. The van der Waals surface area contributed by atoms with E-state index < -0.39 is 18.2 Å². The zero-order valence-electron chi connectivity index (χ0n) is 14.0. The molecule has 0 bridgehead atoms. The number of nitrogens with one attached hydrogen (secondary N) is 1. The minimum absolute atomic E-state index is 0.0604. The van der Waals surface area contributed by atoms with Crippen molar-refractivity contribution in [2.45, 2.75) is 68.8 Å². The SMILES string of the molecule is O=C(O)C1NN(CCSC2CCC(F)CC2)C(=O)C2CCCCC21. The van der Waals surface area contributed by atoms with Crippen LogP contribution in [0.1, 0.15) is 51.4 Å². The van der Waals surface area contributed by atoms with Gasteiger partial charge in [0.2, 0.25) is 5.91 Å². The first-order valence-corrected chi connectivity index (χ1v) is 10.2. The number of amides is 1. The summed E-state index contributed by atoms with van der Waals surface area (Å²) in [7, 11) is 0. The number of thioether (sulfide) groups is 1. The molecule has 3 unspecified atom stereocenters. The summed E-state index contributed by atoms with van der Waals surface area (Å²) in [5.74, 6) is -0.256. The molecule has 1 aliphatic heterocycles. The number of carboxylic acids is 1. The Kier molecular flexibility index (Phi) is 6.02. The Hall–Kier alpha value is -0.820. The van der Waals surface area contributed by atoms with E-state index in [0.717, 1.165) is 44.3 Å². The van der Waals surface area contributed by atoms with Gasteiger partial charge in [-0.1, -0.05) is 12.8 Å². The Morgan fingerprint density at radius 2 is 1.92 bits per heavy atom. The normalized spacial score (nSPS) is 37.1. The first-order chi connectivity index (χ1) is 11.6. The van der Waals surface area contributed by atoms with Crippen LogP contribution in [-0.4, -0.2) is 51.8 Å². The second kappa shape index (κ2) is 8.04. The van der Waals surface area contributed by atoms with Crippen LogP contribution >= 0.6 is 11.8 Å². The third kappa shape index (κ3) is 4.04. The molecule has 7 heteroatoms. The third-order valence-electron chi connectivity index (χ3n) is 5.66. The molecule has 2 aliphatic carbocycles. The summed E-state index contributed by atoms with van der Waals surface area (Å²) in [5.41, 5.74) is 2.96. The summed E-state index contributed by atoms with van der Waals surface area (Å²) < 4.78 is 13.2. The van der Waals surface area contributed by atoms with Gasteiger partial charge in [0, 0.05) is 23.5 Å². The number of aliphatic carboxylic acids is 1. The molecule has 1 amide bonds. The molecular weight excluding hydrogens is 331 g/mol. The van der Waals surface area contributed by atoms with Crippen molar-refractivity contribution < 1.29 is 19.1 Å². The van der Waals surface area contributed by atoms with Crippen LogP contribution in [0.15, 0.2) is 0 Å². The molecule has 0 aromatic carbocycles. The largest absolute Gasteiger partial charge is 0.480 e. The lowest BCUT2D eigenvalue weighted by Gasteiger charge is -2.44. The van der Waals surface area contributed by atoms with Crippen molar-refractivity contribution >= 4 is 23.6 Å². The highest BCUT2D eigenvalue weighted by Gasteiger charge is 2.46. The molecule has 3 rings (SSSR count). The maximum absolute atomic E-state index is 13.2. The van der Waals surface area contributed by atoms with Gasteiger partial charge in [0.15, 0.2) is 0 Å². The molecule has 0 radical (unpaired) electrons. The standard InChI is InChI=1S/C17H27FN2O3S/c18-11-5-7-12(8-6-11)24-10-9-20-16(21)14-4-2-1-3-13(14)15(19-20)17(22)23/h11-15,19H,1-10H2,(H,22,23). The van der Waals surface area contributed by atoms with Crippen LogP contribution in [0.3, 0.4) is 0 Å². The molecule has 3 atom stereocenters. The van der Waals surface area contributed by atoms with Crippen molar-refractivity contribution in [1.29, 1.82) is 0 Å². The fourth-order valence-corrected chi connectivity index (χ4v) is 5.53. The van der Waals surface area contributed by atoms with Crippen LogP contribution < -0.4 is 5.43 Å². The molecular formula is C17H27FN2O3S. The average molecular weight is 358 g/mol. The van der Waals surface area contributed by atoms with Crippen molar-refractivity contribution in [3.8, 4) is 0 Å². The van der Waals surface area contributed by atoms with E-state index in [1.54, 1.807) is 16.8 Å². The van der Waals surface area contributed by atoms with Crippen LogP contribution in [0.4, 0.5) is 4.39 Å². The molecule has 0 aromatic heterocycles. The minimum Gasteiger partial charge on any atom is -0.480 e. The van der Waals surface area contributed by atoms with E-state index >= 15 is 0 Å². The maximum Gasteiger partial charge on any atom is 0.322 e. The fourth-order valence-electron chi connectivity index (χ4n) is 4.31. The number of carbonyl (C=O) groups excluding carboxylic acids is 1. The highest BCUT2D eigenvalue weighted by molar-refractivity contribution is 7.99. The van der Waals surface area contributed by atoms with E-state index in [-0.39, 0.29) is 17.7 Å². The number of hydrazine groups is 1. The second-order valence-corrected chi connectivity index (χ2v) is 8.64. The number of hydrogen-bond donors (Lipinski definition) is 2. The molecule has 24 heavy (non-hydrogen) atoms. The van der Waals surface area contributed by atoms with Gasteiger partial charge in [-0.15, -0.1) is 0 Å². The van der Waals surface area contributed by atoms with E-state index in [9.17, 15) is 19.1 Å². The Morgan fingerprint density at radius 3 is 2.62 bits per heavy atom. The quantitative estimate of drug-likeness (QED) is 0.791. The molecule has 3 fully saturated rings. The van der Waals surface area contributed by atoms with Crippen LogP contribution in [0, 0.1) is 11.8 Å². The molecule has 136 valence electrons. The summed E-state index contributed by atoms with van der Waals surface area (Å²) in [6, 6.07) is -0.653. The monoisotopic (exact) mass is 358 g/mol. The van der Waals surface area contributed by atoms with Crippen LogP contribution in [0.2, 0.25) is 0 Å². The van der Waals surface area contributed by atoms with Gasteiger partial charge < -0.3 is 5.11 Å². The van der Waals surface area contributed by atoms with Gasteiger partial charge in [-0.25, -0.2) is 9.82 Å². The molecule has 0 aromatic rings. The topological polar surface area (TPSA) is 69.6 Å². The van der Waals surface area contributed by atoms with Crippen molar-refractivity contribution in [3.05, 3.63) is 0 Å². The van der Waals surface area contributed by atoms with E-state index in [2.05, 4.69) is 5.43 Å². The summed E-state index contributed by atoms with van der Waals surface area (Å²) in [5, 5.41) is 11.5. The average Bonchev–Trinajstić information content (AvgIpc) is 2.58. The highest BCUT2D eigenvalue weighted by atomic mass is 32.2. The number of rotatable bonds is 5. The van der Waals surface area contributed by atoms with Crippen molar-refractivity contribution in [3.63, 3.8) is 0 Å². The number of halogens is 1. The number of hydrogen-bond acceptors (Lipinski definition) is 4. The molecule has 3 aliphatic rings. The van der Waals surface area contributed by atoms with E-state index in [4.69, 9.17) is 0 Å². The Labute approximate surface area is 146 Å². The summed E-state index contributed by atoms with van der Waals surface area (Å²) in [6.07, 6.45) is 6.07. The number of nitrogens with zero attached hydrogens (tertiary/aromatic N) is 1. The summed E-state index contributed by atoms with van der Waals surface area (Å²) in [6.45, 7) is 0.520. The first kappa shape index (κ1) is 18.0. The predicted octanol–water partition coefficient (Wildman–Crippen LogP) is 2.61. The van der Waals surface area contributed by atoms with E-state index in [1.807, 2.05) is 0 Å². The van der Waals surface area contributed by atoms with Crippen LogP contribution in [0.25, 0.3) is 0 Å². The molecule has 5 nitrogen and oxygen atoms in total. The van der Waals surface area contributed by atoms with Crippen LogP contribution in [-0.2, 0) is 9.59 Å². The molecule has 2 N–H and O–H groups in total. The first-order valence-electron chi connectivity index (χ1n) is 9.12. The highest BCUT2D eigenvalue weighted by Crippen LogP contribution is 2.37. The minimum atomic E-state index is -0.863. The second-order valence-electron chi connectivity index (χ2n) is 7.23. The van der Waals surface area contributed by atoms with Gasteiger partial charge >= 0.3 is 5.97 Å². The van der Waals surface area contributed by atoms with Gasteiger partial charge in [0.25, 0.3) is 0 Å². The van der Waals surface area contributed by atoms with Crippen molar-refractivity contribution in [2.24, 2.45) is 11.8 Å². The lowest BCUT2D eigenvalue weighted by molar-refractivity contribution is -0.159. The molecule has 2 saturated carbocycles. The van der Waals surface area contributed by atoms with Gasteiger partial charge in [0.05, 0.1) is 0 Å². The molecule has 1 heterocycles. The molecule has 1 saturated heterocycles. The van der Waals surface area contributed by atoms with Gasteiger partial charge in [0.1, 0.15) is 12.2 Å². The van der Waals surface area contributed by atoms with Crippen LogP contribution in [0.5, 0.6) is 0 Å². The Morgan fingerprint density at radius 1 is 1.21 bits per heavy atom. The Balaban J connectivity index is 1.52. The number of carbonyl (C=O) groups is 2. The van der Waals surface area contributed by atoms with E-state index in [0.29, 0.717) is 24.6 Å².